The maximum Gasteiger partial charge on any atom is 0.229 e. The van der Waals surface area contributed by atoms with Crippen LogP contribution in [0.2, 0.25) is 0 Å². The molecule has 0 amide bonds. The van der Waals surface area contributed by atoms with Gasteiger partial charge in [-0.25, -0.2) is 9.67 Å². The number of nitrogen functional groups attached to an aromatic ring is 1. The molecule has 3 heterocycles. The molecule has 1 aromatic carbocycles. The average Bonchev–Trinajstić information content (AvgIpc) is 3.13. The van der Waals surface area contributed by atoms with E-state index in [-0.39, 0.29) is 0 Å². The van der Waals surface area contributed by atoms with Gasteiger partial charge in [-0.05, 0) is 30.3 Å². The third-order valence-electron chi connectivity index (χ3n) is 4.01. The van der Waals surface area contributed by atoms with Gasteiger partial charge in [0.2, 0.25) is 5.95 Å². The van der Waals surface area contributed by atoms with E-state index in [0.717, 1.165) is 43.4 Å². The SMILES string of the molecule is Nc1ccnc(Nc2ccc(-n3cc(N4CCOCC4)cn3)cc2)n1. The molecule has 0 spiro atoms. The van der Waals surface area contributed by atoms with E-state index in [9.17, 15) is 0 Å². The van der Waals surface area contributed by atoms with E-state index in [4.69, 9.17) is 10.5 Å². The van der Waals surface area contributed by atoms with E-state index in [1.165, 1.54) is 0 Å². The van der Waals surface area contributed by atoms with Crippen molar-refractivity contribution in [1.82, 2.24) is 19.7 Å². The van der Waals surface area contributed by atoms with Crippen molar-refractivity contribution in [2.45, 2.75) is 0 Å². The zero-order valence-electron chi connectivity index (χ0n) is 13.7. The molecule has 128 valence electrons. The fourth-order valence-corrected chi connectivity index (χ4v) is 2.70. The normalized spacial score (nSPS) is 14.5. The molecule has 0 radical (unpaired) electrons. The first-order valence-electron chi connectivity index (χ1n) is 8.11. The average molecular weight is 337 g/mol. The van der Waals surface area contributed by atoms with Crippen molar-refractivity contribution in [3.63, 3.8) is 0 Å². The Morgan fingerprint density at radius 2 is 1.84 bits per heavy atom. The number of rotatable bonds is 4. The second kappa shape index (κ2) is 6.78. The molecule has 1 saturated heterocycles. The summed E-state index contributed by atoms with van der Waals surface area (Å²) < 4.78 is 7.25. The van der Waals surface area contributed by atoms with Gasteiger partial charge in [-0.15, -0.1) is 0 Å². The van der Waals surface area contributed by atoms with Gasteiger partial charge in [0.25, 0.3) is 0 Å². The number of nitrogens with zero attached hydrogens (tertiary/aromatic N) is 5. The summed E-state index contributed by atoms with van der Waals surface area (Å²) in [5.41, 5.74) is 8.64. The maximum absolute atomic E-state index is 5.66. The summed E-state index contributed by atoms with van der Waals surface area (Å²) in [5, 5.41) is 7.59. The lowest BCUT2D eigenvalue weighted by Crippen LogP contribution is -2.35. The van der Waals surface area contributed by atoms with Crippen molar-refractivity contribution in [2.75, 3.05) is 42.3 Å². The summed E-state index contributed by atoms with van der Waals surface area (Å²) in [6.45, 7) is 3.32. The van der Waals surface area contributed by atoms with Crippen LogP contribution in [-0.2, 0) is 4.74 Å². The highest BCUT2D eigenvalue weighted by atomic mass is 16.5. The number of anilines is 4. The Labute approximate surface area is 145 Å². The lowest BCUT2D eigenvalue weighted by molar-refractivity contribution is 0.122. The molecular formula is C17H19N7O. The number of hydrogen-bond donors (Lipinski definition) is 2. The zero-order valence-corrected chi connectivity index (χ0v) is 13.7. The molecular weight excluding hydrogens is 318 g/mol. The van der Waals surface area contributed by atoms with Crippen molar-refractivity contribution >= 4 is 23.1 Å². The molecule has 8 nitrogen and oxygen atoms in total. The molecule has 8 heteroatoms. The highest BCUT2D eigenvalue weighted by Gasteiger charge is 2.13. The number of nitrogens with one attached hydrogen (secondary N) is 1. The Morgan fingerprint density at radius 1 is 1.04 bits per heavy atom. The van der Waals surface area contributed by atoms with E-state index >= 15 is 0 Å². The van der Waals surface area contributed by atoms with Crippen LogP contribution in [-0.4, -0.2) is 46.1 Å². The Hall–Kier alpha value is -3.13. The van der Waals surface area contributed by atoms with E-state index in [1.54, 1.807) is 12.3 Å². The predicted octanol–water partition coefficient (Wildman–Crippen LogP) is 1.82. The summed E-state index contributed by atoms with van der Waals surface area (Å²) in [6, 6.07) is 9.55. The summed E-state index contributed by atoms with van der Waals surface area (Å²) in [4.78, 5) is 10.5. The monoisotopic (exact) mass is 337 g/mol. The van der Waals surface area contributed by atoms with Crippen LogP contribution >= 0.6 is 0 Å². The predicted molar refractivity (Wildman–Crippen MR) is 96.3 cm³/mol. The van der Waals surface area contributed by atoms with Gasteiger partial charge in [0.1, 0.15) is 5.82 Å². The maximum atomic E-state index is 5.66. The van der Waals surface area contributed by atoms with Crippen LogP contribution in [0.4, 0.5) is 23.1 Å². The number of hydrogen-bond acceptors (Lipinski definition) is 7. The number of morpholine rings is 1. The second-order valence-electron chi connectivity index (χ2n) is 5.72. The molecule has 4 rings (SSSR count). The number of ether oxygens (including phenoxy) is 1. The van der Waals surface area contributed by atoms with Crippen molar-refractivity contribution in [1.29, 1.82) is 0 Å². The Kier molecular flexibility index (Phi) is 4.17. The Morgan fingerprint density at radius 3 is 2.60 bits per heavy atom. The summed E-state index contributed by atoms with van der Waals surface area (Å²) in [5.74, 6) is 0.905. The molecule has 1 fully saturated rings. The van der Waals surface area contributed by atoms with Gasteiger partial charge in [0, 0.05) is 25.0 Å². The van der Waals surface area contributed by atoms with Crippen LogP contribution < -0.4 is 16.0 Å². The number of benzene rings is 1. The first-order chi connectivity index (χ1) is 12.3. The van der Waals surface area contributed by atoms with Crippen LogP contribution in [0.3, 0.4) is 0 Å². The molecule has 3 aromatic rings. The van der Waals surface area contributed by atoms with Gasteiger partial charge >= 0.3 is 0 Å². The molecule has 1 aliphatic rings. The van der Waals surface area contributed by atoms with Crippen LogP contribution in [0, 0.1) is 0 Å². The van der Waals surface area contributed by atoms with Crippen molar-refractivity contribution in [3.05, 3.63) is 48.9 Å². The number of aromatic nitrogens is 4. The van der Waals surface area contributed by atoms with Crippen molar-refractivity contribution in [2.24, 2.45) is 0 Å². The van der Waals surface area contributed by atoms with E-state index in [0.29, 0.717) is 11.8 Å². The minimum Gasteiger partial charge on any atom is -0.384 e. The molecule has 0 saturated carbocycles. The first-order valence-corrected chi connectivity index (χ1v) is 8.11. The second-order valence-corrected chi connectivity index (χ2v) is 5.72. The highest BCUT2D eigenvalue weighted by molar-refractivity contribution is 5.56. The van der Waals surface area contributed by atoms with E-state index < -0.39 is 0 Å². The lowest BCUT2D eigenvalue weighted by atomic mass is 10.3. The van der Waals surface area contributed by atoms with Crippen molar-refractivity contribution < 1.29 is 4.74 Å². The fourth-order valence-electron chi connectivity index (χ4n) is 2.70. The zero-order chi connectivity index (χ0) is 17.1. The fraction of sp³-hybridized carbons (Fsp3) is 0.235. The van der Waals surface area contributed by atoms with Crippen LogP contribution in [0.15, 0.2) is 48.9 Å². The van der Waals surface area contributed by atoms with E-state index in [1.807, 2.05) is 41.3 Å². The van der Waals surface area contributed by atoms with E-state index in [2.05, 4.69) is 25.3 Å². The quantitative estimate of drug-likeness (QED) is 0.750. The smallest absolute Gasteiger partial charge is 0.229 e. The molecule has 2 aromatic heterocycles. The molecule has 1 aliphatic heterocycles. The van der Waals surface area contributed by atoms with Gasteiger partial charge in [-0.1, -0.05) is 0 Å². The van der Waals surface area contributed by atoms with Crippen molar-refractivity contribution in [3.8, 4) is 5.69 Å². The Bertz CT molecular complexity index is 840. The largest absolute Gasteiger partial charge is 0.384 e. The topological polar surface area (TPSA) is 94.1 Å². The number of nitrogens with two attached hydrogens (primary N) is 1. The highest BCUT2D eigenvalue weighted by Crippen LogP contribution is 2.20. The van der Waals surface area contributed by atoms with Gasteiger partial charge in [0.05, 0.1) is 37.0 Å². The van der Waals surface area contributed by atoms with Crippen LogP contribution in [0.25, 0.3) is 5.69 Å². The third kappa shape index (κ3) is 3.53. The molecule has 0 bridgehead atoms. The minimum atomic E-state index is 0.432. The summed E-state index contributed by atoms with van der Waals surface area (Å²) in [6.07, 6.45) is 5.54. The third-order valence-corrected chi connectivity index (χ3v) is 4.01. The van der Waals surface area contributed by atoms with Gasteiger partial charge in [-0.2, -0.15) is 10.1 Å². The van der Waals surface area contributed by atoms with Gasteiger partial charge in [-0.3, -0.25) is 0 Å². The molecule has 25 heavy (non-hydrogen) atoms. The lowest BCUT2D eigenvalue weighted by Gasteiger charge is -2.27. The van der Waals surface area contributed by atoms with Crippen LogP contribution in [0.1, 0.15) is 0 Å². The minimum absolute atomic E-state index is 0.432. The van der Waals surface area contributed by atoms with Gasteiger partial charge in [0.15, 0.2) is 0 Å². The first kappa shape index (κ1) is 15.4. The van der Waals surface area contributed by atoms with Crippen LogP contribution in [0.5, 0.6) is 0 Å². The standard InChI is InChI=1S/C17H19N7O/c18-16-5-6-19-17(22-16)21-13-1-3-14(4-2-13)24-12-15(11-20-24)23-7-9-25-10-8-23/h1-6,11-12H,7-10H2,(H3,18,19,21,22). The summed E-state index contributed by atoms with van der Waals surface area (Å²) >= 11 is 0. The molecule has 0 unspecified atom stereocenters. The van der Waals surface area contributed by atoms with Gasteiger partial charge < -0.3 is 20.7 Å². The Balaban J connectivity index is 1.47. The molecule has 0 atom stereocenters. The molecule has 0 aliphatic carbocycles. The summed E-state index contributed by atoms with van der Waals surface area (Å²) in [7, 11) is 0. The molecule has 3 N–H and O–H groups in total.